The third kappa shape index (κ3) is 3.47. The van der Waals surface area contributed by atoms with E-state index in [1.54, 1.807) is 0 Å². The van der Waals surface area contributed by atoms with E-state index in [0.717, 1.165) is 15.7 Å². The Morgan fingerprint density at radius 1 is 0.654 bits per heavy atom. The molecule has 0 aliphatic heterocycles. The molecule has 0 atom stereocenters. The summed E-state index contributed by atoms with van der Waals surface area (Å²) >= 11 is 3.54. The Kier molecular flexibility index (Phi) is 4.68. The van der Waals surface area contributed by atoms with Gasteiger partial charge in [-0.15, -0.1) is 0 Å². The maximum atomic E-state index is 4.62. The molecule has 1 heterocycles. The van der Waals surface area contributed by atoms with Gasteiger partial charge in [0.25, 0.3) is 0 Å². The zero-order valence-corrected chi connectivity index (χ0v) is 16.1. The molecule has 0 fully saturated rings. The molecule has 0 amide bonds. The van der Waals surface area contributed by atoms with E-state index < -0.39 is 0 Å². The molecule has 4 rings (SSSR count). The van der Waals surface area contributed by atoms with Crippen LogP contribution in [0.5, 0.6) is 0 Å². The molecule has 1 aromatic heterocycles. The van der Waals surface area contributed by atoms with E-state index in [0.29, 0.717) is 0 Å². The summed E-state index contributed by atoms with van der Waals surface area (Å²) in [6.45, 7) is 2.11. The Bertz CT molecular complexity index is 1040. The first kappa shape index (κ1) is 16.7. The van der Waals surface area contributed by atoms with Gasteiger partial charge in [0.1, 0.15) is 0 Å². The molecular formula is C24H18BrN. The quantitative estimate of drug-likeness (QED) is 0.356. The Morgan fingerprint density at radius 2 is 1.31 bits per heavy atom. The van der Waals surface area contributed by atoms with Crippen LogP contribution >= 0.6 is 15.9 Å². The smallest absolute Gasteiger partial charge is 0.0708 e. The maximum absolute atomic E-state index is 4.62. The summed E-state index contributed by atoms with van der Waals surface area (Å²) in [4.78, 5) is 4.62. The largest absolute Gasteiger partial charge is 0.256 e. The van der Waals surface area contributed by atoms with Crippen molar-refractivity contribution in [3.05, 3.63) is 101 Å². The normalized spacial score (nSPS) is 10.7. The fraction of sp³-hybridized carbons (Fsp3) is 0.0417. The van der Waals surface area contributed by atoms with E-state index >= 15 is 0 Å². The lowest BCUT2D eigenvalue weighted by molar-refractivity contribution is 1.27. The summed E-state index contributed by atoms with van der Waals surface area (Å²) in [5, 5.41) is 0. The molecule has 0 saturated carbocycles. The van der Waals surface area contributed by atoms with Crippen molar-refractivity contribution in [3.63, 3.8) is 0 Å². The summed E-state index contributed by atoms with van der Waals surface area (Å²) < 4.78 is 1.06. The Labute approximate surface area is 162 Å². The van der Waals surface area contributed by atoms with E-state index in [1.807, 2.05) is 24.4 Å². The fourth-order valence-corrected chi connectivity index (χ4v) is 3.51. The van der Waals surface area contributed by atoms with Gasteiger partial charge in [-0.25, -0.2) is 0 Å². The van der Waals surface area contributed by atoms with Crippen LogP contribution in [0.25, 0.3) is 33.5 Å². The number of halogens is 1. The molecule has 3 aromatic carbocycles. The van der Waals surface area contributed by atoms with Crippen molar-refractivity contribution >= 4 is 15.9 Å². The molecule has 1 nitrogen and oxygen atoms in total. The van der Waals surface area contributed by atoms with E-state index in [9.17, 15) is 0 Å². The monoisotopic (exact) mass is 399 g/mol. The average molecular weight is 400 g/mol. The minimum absolute atomic E-state index is 0.985. The standard InChI is InChI=1S/C24H18BrN/c1-17-16-26-24(21-8-5-9-22(25)14-21)15-23(17)20-12-10-19(11-13-20)18-6-3-2-4-7-18/h2-16H,1H3. The lowest BCUT2D eigenvalue weighted by atomic mass is 9.97. The Morgan fingerprint density at radius 3 is 2.04 bits per heavy atom. The van der Waals surface area contributed by atoms with Crippen molar-refractivity contribution in [2.45, 2.75) is 6.92 Å². The number of aromatic nitrogens is 1. The van der Waals surface area contributed by atoms with Gasteiger partial charge in [-0.2, -0.15) is 0 Å². The highest BCUT2D eigenvalue weighted by Gasteiger charge is 2.07. The summed E-state index contributed by atoms with van der Waals surface area (Å²) in [5.41, 5.74) is 8.17. The third-order valence-corrected chi connectivity index (χ3v) is 5.02. The first-order valence-electron chi connectivity index (χ1n) is 8.59. The minimum Gasteiger partial charge on any atom is -0.256 e. The van der Waals surface area contributed by atoms with Gasteiger partial charge in [0.05, 0.1) is 5.69 Å². The van der Waals surface area contributed by atoms with Crippen molar-refractivity contribution in [2.24, 2.45) is 0 Å². The van der Waals surface area contributed by atoms with Crippen molar-refractivity contribution in [1.29, 1.82) is 0 Å². The third-order valence-electron chi connectivity index (χ3n) is 4.53. The van der Waals surface area contributed by atoms with Gasteiger partial charge >= 0.3 is 0 Å². The Hall–Kier alpha value is -2.71. The van der Waals surface area contributed by atoms with Crippen LogP contribution in [-0.2, 0) is 0 Å². The van der Waals surface area contributed by atoms with Crippen LogP contribution in [0.1, 0.15) is 5.56 Å². The number of aryl methyl sites for hydroxylation is 1. The van der Waals surface area contributed by atoms with E-state index in [4.69, 9.17) is 0 Å². The minimum atomic E-state index is 0.985. The number of nitrogens with zero attached hydrogens (tertiary/aromatic N) is 1. The van der Waals surface area contributed by atoms with Crippen LogP contribution < -0.4 is 0 Å². The second kappa shape index (κ2) is 7.27. The molecular weight excluding hydrogens is 382 g/mol. The molecule has 0 aliphatic rings. The van der Waals surface area contributed by atoms with E-state index in [1.165, 1.54) is 27.8 Å². The molecule has 0 saturated heterocycles. The lowest BCUT2D eigenvalue weighted by Crippen LogP contribution is -1.90. The molecule has 0 unspecified atom stereocenters. The van der Waals surface area contributed by atoms with Crippen LogP contribution in [0.2, 0.25) is 0 Å². The van der Waals surface area contributed by atoms with Crippen LogP contribution in [-0.4, -0.2) is 4.98 Å². The van der Waals surface area contributed by atoms with E-state index in [-0.39, 0.29) is 0 Å². The highest BCUT2D eigenvalue weighted by atomic mass is 79.9. The van der Waals surface area contributed by atoms with Gasteiger partial charge in [0, 0.05) is 16.2 Å². The van der Waals surface area contributed by atoms with Gasteiger partial charge in [0.15, 0.2) is 0 Å². The van der Waals surface area contributed by atoms with Crippen LogP contribution in [0.3, 0.4) is 0 Å². The summed E-state index contributed by atoms with van der Waals surface area (Å²) in [6, 6.07) is 29.6. The topological polar surface area (TPSA) is 12.9 Å². The summed E-state index contributed by atoms with van der Waals surface area (Å²) in [6.07, 6.45) is 1.96. The average Bonchev–Trinajstić information content (AvgIpc) is 2.69. The number of hydrogen-bond donors (Lipinski definition) is 0. The number of benzene rings is 3. The van der Waals surface area contributed by atoms with Gasteiger partial charge in [-0.3, -0.25) is 4.98 Å². The molecule has 0 N–H and O–H groups in total. The number of rotatable bonds is 3. The second-order valence-electron chi connectivity index (χ2n) is 6.34. The van der Waals surface area contributed by atoms with Gasteiger partial charge in [-0.05, 0) is 52.9 Å². The maximum Gasteiger partial charge on any atom is 0.0708 e. The molecule has 0 radical (unpaired) electrons. The predicted molar refractivity (Wildman–Crippen MR) is 113 cm³/mol. The van der Waals surface area contributed by atoms with Crippen LogP contribution in [0.15, 0.2) is 95.6 Å². The molecule has 0 bridgehead atoms. The predicted octanol–water partition coefficient (Wildman–Crippen LogP) is 7.15. The van der Waals surface area contributed by atoms with Crippen molar-refractivity contribution in [3.8, 4) is 33.5 Å². The van der Waals surface area contributed by atoms with Crippen molar-refractivity contribution in [1.82, 2.24) is 4.98 Å². The molecule has 26 heavy (non-hydrogen) atoms. The zero-order chi connectivity index (χ0) is 17.9. The molecule has 2 heteroatoms. The number of hydrogen-bond acceptors (Lipinski definition) is 1. The first-order chi connectivity index (χ1) is 12.7. The first-order valence-corrected chi connectivity index (χ1v) is 9.38. The van der Waals surface area contributed by atoms with Gasteiger partial charge in [0.2, 0.25) is 0 Å². The van der Waals surface area contributed by atoms with E-state index in [2.05, 4.69) is 94.6 Å². The lowest BCUT2D eigenvalue weighted by Gasteiger charge is -2.10. The highest BCUT2D eigenvalue weighted by Crippen LogP contribution is 2.30. The molecule has 0 spiro atoms. The second-order valence-corrected chi connectivity index (χ2v) is 7.25. The molecule has 0 aliphatic carbocycles. The van der Waals surface area contributed by atoms with Crippen LogP contribution in [0.4, 0.5) is 0 Å². The van der Waals surface area contributed by atoms with Gasteiger partial charge < -0.3 is 0 Å². The Balaban J connectivity index is 1.72. The van der Waals surface area contributed by atoms with Gasteiger partial charge in [-0.1, -0.05) is 82.7 Å². The zero-order valence-electron chi connectivity index (χ0n) is 14.5. The molecule has 4 aromatic rings. The number of pyridine rings is 1. The van der Waals surface area contributed by atoms with Crippen molar-refractivity contribution < 1.29 is 0 Å². The van der Waals surface area contributed by atoms with Crippen molar-refractivity contribution in [2.75, 3.05) is 0 Å². The summed E-state index contributed by atoms with van der Waals surface area (Å²) in [5.74, 6) is 0. The SMILES string of the molecule is Cc1cnc(-c2cccc(Br)c2)cc1-c1ccc(-c2ccccc2)cc1. The molecule has 126 valence electrons. The highest BCUT2D eigenvalue weighted by molar-refractivity contribution is 9.10. The van der Waals surface area contributed by atoms with Crippen LogP contribution in [0, 0.1) is 6.92 Å². The fourth-order valence-electron chi connectivity index (χ4n) is 3.11. The summed E-state index contributed by atoms with van der Waals surface area (Å²) in [7, 11) is 0.